The molecule has 0 bridgehead atoms. The molecule has 9 nitrogen and oxygen atoms in total. The fourth-order valence-electron chi connectivity index (χ4n) is 1.99. The average Bonchev–Trinajstić information content (AvgIpc) is 2.49. The summed E-state index contributed by atoms with van der Waals surface area (Å²) in [5, 5.41) is 23.7. The molecular weight excluding hydrogens is 326 g/mol. The van der Waals surface area contributed by atoms with Gasteiger partial charge in [0.1, 0.15) is 11.7 Å². The van der Waals surface area contributed by atoms with Crippen LogP contribution in [0, 0.1) is 10.1 Å². The number of benzene rings is 1. The van der Waals surface area contributed by atoms with E-state index in [1.807, 2.05) is 0 Å². The molecule has 0 aliphatic carbocycles. The SMILES string of the molecule is O=C(CC1SCC(C(=O)O)NC1=O)Nc1ccccc1[N+](=O)[O-]. The normalized spacial score (nSPS) is 20.4. The number of aliphatic carboxylic acids is 1. The lowest BCUT2D eigenvalue weighted by Crippen LogP contribution is -2.51. The van der Waals surface area contributed by atoms with Crippen molar-refractivity contribution in [3.05, 3.63) is 34.4 Å². The number of amides is 2. The summed E-state index contributed by atoms with van der Waals surface area (Å²) in [6.07, 6.45) is -0.200. The fraction of sp³-hybridized carbons (Fsp3) is 0.308. The molecule has 0 aromatic heterocycles. The second kappa shape index (κ2) is 7.09. The van der Waals surface area contributed by atoms with Gasteiger partial charge in [-0.3, -0.25) is 19.7 Å². The van der Waals surface area contributed by atoms with E-state index in [1.54, 1.807) is 6.07 Å². The standard InChI is InChI=1S/C13H13N3O6S/c17-11(14-7-3-1-2-4-9(7)16(21)22)5-10-12(18)15-8(6-23-10)13(19)20/h1-4,8,10H,5-6H2,(H,14,17)(H,15,18)(H,19,20). The van der Waals surface area contributed by atoms with Crippen LogP contribution in [0.15, 0.2) is 24.3 Å². The zero-order chi connectivity index (χ0) is 17.0. The molecule has 122 valence electrons. The van der Waals surface area contributed by atoms with E-state index in [4.69, 9.17) is 5.11 Å². The van der Waals surface area contributed by atoms with Crippen molar-refractivity contribution in [3.8, 4) is 0 Å². The number of rotatable bonds is 5. The average molecular weight is 339 g/mol. The first-order chi connectivity index (χ1) is 10.9. The largest absolute Gasteiger partial charge is 0.480 e. The van der Waals surface area contributed by atoms with Crippen LogP contribution in [-0.4, -0.2) is 44.9 Å². The van der Waals surface area contributed by atoms with E-state index in [-0.39, 0.29) is 23.5 Å². The van der Waals surface area contributed by atoms with E-state index in [2.05, 4.69) is 10.6 Å². The second-order valence-corrected chi connectivity index (χ2v) is 5.98. The van der Waals surface area contributed by atoms with Gasteiger partial charge < -0.3 is 15.7 Å². The number of carbonyl (C=O) groups excluding carboxylic acids is 2. The first-order valence-corrected chi connectivity index (χ1v) is 7.61. The topological polar surface area (TPSA) is 139 Å². The van der Waals surface area contributed by atoms with Gasteiger partial charge in [-0.15, -0.1) is 11.8 Å². The minimum absolute atomic E-state index is 0.0483. The van der Waals surface area contributed by atoms with Gasteiger partial charge in [0, 0.05) is 18.2 Å². The van der Waals surface area contributed by atoms with Crippen LogP contribution < -0.4 is 10.6 Å². The van der Waals surface area contributed by atoms with Gasteiger partial charge >= 0.3 is 5.97 Å². The van der Waals surface area contributed by atoms with Crippen molar-refractivity contribution in [2.45, 2.75) is 17.7 Å². The van der Waals surface area contributed by atoms with Crippen LogP contribution in [0.1, 0.15) is 6.42 Å². The molecule has 1 heterocycles. The van der Waals surface area contributed by atoms with Gasteiger partial charge in [-0.2, -0.15) is 0 Å². The van der Waals surface area contributed by atoms with Crippen LogP contribution >= 0.6 is 11.8 Å². The van der Waals surface area contributed by atoms with E-state index in [0.717, 1.165) is 11.8 Å². The summed E-state index contributed by atoms with van der Waals surface area (Å²) in [7, 11) is 0. The highest BCUT2D eigenvalue weighted by atomic mass is 32.2. The maximum absolute atomic E-state index is 12.0. The predicted octanol–water partition coefficient (Wildman–Crippen LogP) is 0.608. The molecule has 1 saturated heterocycles. The number of carboxylic acids is 1. The highest BCUT2D eigenvalue weighted by Crippen LogP contribution is 2.25. The first-order valence-electron chi connectivity index (χ1n) is 6.56. The van der Waals surface area contributed by atoms with Crippen LogP contribution in [0.5, 0.6) is 0 Å². The van der Waals surface area contributed by atoms with Gasteiger partial charge in [-0.25, -0.2) is 4.79 Å². The summed E-state index contributed by atoms with van der Waals surface area (Å²) in [6, 6.07) is 4.70. The first kappa shape index (κ1) is 16.7. The number of hydrogen-bond donors (Lipinski definition) is 3. The molecule has 1 aliphatic rings. The fourth-order valence-corrected chi connectivity index (χ4v) is 3.13. The smallest absolute Gasteiger partial charge is 0.327 e. The number of carboxylic acid groups (broad SMARTS) is 1. The molecule has 0 radical (unpaired) electrons. The van der Waals surface area contributed by atoms with Gasteiger partial charge in [-0.1, -0.05) is 12.1 Å². The minimum Gasteiger partial charge on any atom is -0.480 e. The predicted molar refractivity (Wildman–Crippen MR) is 82.2 cm³/mol. The van der Waals surface area contributed by atoms with Gasteiger partial charge in [0.05, 0.1) is 10.2 Å². The van der Waals surface area contributed by atoms with Crippen LogP contribution in [0.4, 0.5) is 11.4 Å². The summed E-state index contributed by atoms with van der Waals surface area (Å²) in [6.45, 7) is 0. The Bertz CT molecular complexity index is 665. The summed E-state index contributed by atoms with van der Waals surface area (Å²) >= 11 is 1.07. The molecule has 2 amide bonds. The highest BCUT2D eigenvalue weighted by Gasteiger charge is 2.33. The molecular formula is C13H13N3O6S. The molecule has 0 saturated carbocycles. The van der Waals surface area contributed by atoms with Crippen molar-refractivity contribution in [2.24, 2.45) is 0 Å². The van der Waals surface area contributed by atoms with Crippen LogP contribution in [0.2, 0.25) is 0 Å². The maximum atomic E-state index is 12.0. The zero-order valence-electron chi connectivity index (χ0n) is 11.7. The van der Waals surface area contributed by atoms with E-state index < -0.39 is 34.0 Å². The summed E-state index contributed by atoms with van der Waals surface area (Å²) in [5.74, 6) is -2.06. The van der Waals surface area contributed by atoms with Gasteiger partial charge in [0.15, 0.2) is 0 Å². The molecule has 0 spiro atoms. The third-order valence-electron chi connectivity index (χ3n) is 3.12. The molecule has 23 heavy (non-hydrogen) atoms. The van der Waals surface area contributed by atoms with E-state index in [1.165, 1.54) is 18.2 Å². The Labute approximate surface area is 134 Å². The lowest BCUT2D eigenvalue weighted by molar-refractivity contribution is -0.383. The van der Waals surface area contributed by atoms with Gasteiger partial charge in [0.25, 0.3) is 5.69 Å². The maximum Gasteiger partial charge on any atom is 0.327 e. The van der Waals surface area contributed by atoms with Crippen molar-refractivity contribution >= 4 is 40.9 Å². The van der Waals surface area contributed by atoms with E-state index >= 15 is 0 Å². The molecule has 3 N–H and O–H groups in total. The highest BCUT2D eigenvalue weighted by molar-refractivity contribution is 8.00. The Morgan fingerprint density at radius 1 is 1.43 bits per heavy atom. The lowest BCUT2D eigenvalue weighted by atomic mass is 10.2. The third kappa shape index (κ3) is 4.19. The van der Waals surface area contributed by atoms with Crippen LogP contribution in [0.3, 0.4) is 0 Å². The summed E-state index contributed by atoms with van der Waals surface area (Å²) in [4.78, 5) is 44.8. The molecule has 2 rings (SSSR count). The number of nitro benzene ring substituents is 1. The summed E-state index contributed by atoms with van der Waals surface area (Å²) < 4.78 is 0. The Hall–Kier alpha value is -2.62. The Morgan fingerprint density at radius 3 is 2.74 bits per heavy atom. The molecule has 10 heteroatoms. The number of hydrogen-bond acceptors (Lipinski definition) is 6. The number of para-hydroxylation sites is 2. The lowest BCUT2D eigenvalue weighted by Gasteiger charge is -2.25. The number of thioether (sulfide) groups is 1. The minimum atomic E-state index is -1.13. The van der Waals surface area contributed by atoms with E-state index in [0.29, 0.717) is 0 Å². The van der Waals surface area contributed by atoms with Crippen molar-refractivity contribution in [3.63, 3.8) is 0 Å². The number of carbonyl (C=O) groups is 3. The van der Waals surface area contributed by atoms with Crippen molar-refractivity contribution in [1.82, 2.24) is 5.32 Å². The molecule has 1 fully saturated rings. The number of anilines is 1. The van der Waals surface area contributed by atoms with Crippen LogP contribution in [-0.2, 0) is 14.4 Å². The quantitative estimate of drug-likeness (QED) is 0.527. The van der Waals surface area contributed by atoms with Crippen molar-refractivity contribution in [2.75, 3.05) is 11.1 Å². The molecule has 2 unspecified atom stereocenters. The molecule has 1 aliphatic heterocycles. The van der Waals surface area contributed by atoms with Crippen LogP contribution in [0.25, 0.3) is 0 Å². The molecule has 1 aromatic carbocycles. The van der Waals surface area contributed by atoms with E-state index in [9.17, 15) is 24.5 Å². The summed E-state index contributed by atoms with van der Waals surface area (Å²) in [5.41, 5.74) is -0.195. The number of nitro groups is 1. The van der Waals surface area contributed by atoms with Crippen molar-refractivity contribution in [1.29, 1.82) is 0 Å². The Kier molecular flexibility index (Phi) is 5.16. The monoisotopic (exact) mass is 339 g/mol. The Morgan fingerprint density at radius 2 is 2.13 bits per heavy atom. The third-order valence-corrected chi connectivity index (χ3v) is 4.43. The van der Waals surface area contributed by atoms with Gasteiger partial charge in [-0.05, 0) is 6.07 Å². The zero-order valence-corrected chi connectivity index (χ0v) is 12.5. The van der Waals surface area contributed by atoms with Gasteiger partial charge in [0.2, 0.25) is 11.8 Å². The number of nitrogens with zero attached hydrogens (tertiary/aromatic N) is 1. The Balaban J connectivity index is 1.97. The second-order valence-electron chi connectivity index (χ2n) is 4.75. The number of nitrogens with one attached hydrogen (secondary N) is 2. The van der Waals surface area contributed by atoms with Crippen molar-refractivity contribution < 1.29 is 24.4 Å². The molecule has 1 aromatic rings. The molecule has 2 atom stereocenters.